The molecule has 1 aliphatic rings. The lowest BCUT2D eigenvalue weighted by atomic mass is 9.91. The Morgan fingerprint density at radius 3 is 2.29 bits per heavy atom. The number of alkyl halides is 3. The number of methoxy groups -OCH3 is 1. The number of halogens is 3. The van der Waals surface area contributed by atoms with Crippen LogP contribution in [0.15, 0.2) is 66.7 Å². The predicted molar refractivity (Wildman–Crippen MR) is 122 cm³/mol. The summed E-state index contributed by atoms with van der Waals surface area (Å²) in [7, 11) is 1.51. The number of carbonyl (C=O) groups is 2. The number of amides is 2. The molecule has 0 atom stereocenters. The Labute approximate surface area is 194 Å². The van der Waals surface area contributed by atoms with Crippen LogP contribution in [-0.2, 0) is 11.0 Å². The van der Waals surface area contributed by atoms with Gasteiger partial charge in [0, 0.05) is 11.1 Å². The monoisotopic (exact) mass is 467 g/mol. The summed E-state index contributed by atoms with van der Waals surface area (Å²) >= 11 is 0. The molecule has 0 bridgehead atoms. The molecule has 0 fully saturated rings. The van der Waals surface area contributed by atoms with E-state index in [-0.39, 0.29) is 16.8 Å². The topological polar surface area (TPSA) is 55.8 Å². The summed E-state index contributed by atoms with van der Waals surface area (Å²) in [6, 6.07) is 15.7. The van der Waals surface area contributed by atoms with Gasteiger partial charge in [-0.2, -0.15) is 13.2 Å². The lowest BCUT2D eigenvalue weighted by molar-refractivity contribution is -0.137. The molecule has 0 radical (unpaired) electrons. The van der Waals surface area contributed by atoms with Gasteiger partial charge in [0.1, 0.15) is 0 Å². The third-order valence-electron chi connectivity index (χ3n) is 5.31. The Hall–Kier alpha value is -4.07. The van der Waals surface area contributed by atoms with Gasteiger partial charge in [0.05, 0.1) is 25.0 Å². The van der Waals surface area contributed by atoms with Gasteiger partial charge in [-0.25, -0.2) is 4.90 Å². The van der Waals surface area contributed by atoms with E-state index in [9.17, 15) is 22.8 Å². The van der Waals surface area contributed by atoms with E-state index in [0.29, 0.717) is 29.2 Å². The highest BCUT2D eigenvalue weighted by atomic mass is 19.4. The van der Waals surface area contributed by atoms with E-state index in [1.165, 1.54) is 25.3 Å². The highest BCUT2D eigenvalue weighted by Crippen LogP contribution is 2.37. The summed E-state index contributed by atoms with van der Waals surface area (Å²) in [4.78, 5) is 27.4. The average Bonchev–Trinajstić information content (AvgIpc) is 2.82. The van der Waals surface area contributed by atoms with E-state index < -0.39 is 23.6 Å². The summed E-state index contributed by atoms with van der Waals surface area (Å²) in [5, 5.41) is 0. The van der Waals surface area contributed by atoms with Gasteiger partial charge in [-0.3, -0.25) is 9.59 Å². The minimum Gasteiger partial charge on any atom is -0.493 e. The summed E-state index contributed by atoms with van der Waals surface area (Å²) in [6.45, 7) is 2.22. The molecule has 0 unspecified atom stereocenters. The zero-order valence-electron chi connectivity index (χ0n) is 18.3. The van der Waals surface area contributed by atoms with Gasteiger partial charge in [-0.15, -0.1) is 0 Å². The number of imide groups is 1. The lowest BCUT2D eigenvalue weighted by Crippen LogP contribution is -2.41. The van der Waals surface area contributed by atoms with Gasteiger partial charge in [0.25, 0.3) is 11.8 Å². The Kier molecular flexibility index (Phi) is 6.15. The smallest absolute Gasteiger partial charge is 0.416 e. The van der Waals surface area contributed by atoms with Crippen LogP contribution in [-0.4, -0.2) is 25.5 Å². The highest BCUT2D eigenvalue weighted by molar-refractivity contribution is 6.43. The second kappa shape index (κ2) is 9.05. The van der Waals surface area contributed by atoms with E-state index >= 15 is 0 Å². The first-order valence-electron chi connectivity index (χ1n) is 10.4. The van der Waals surface area contributed by atoms with Gasteiger partial charge in [-0.05, 0) is 60.5 Å². The van der Waals surface area contributed by atoms with Crippen molar-refractivity contribution in [3.8, 4) is 11.5 Å². The van der Waals surface area contributed by atoms with Crippen LogP contribution in [0.4, 0.5) is 18.9 Å². The van der Waals surface area contributed by atoms with Crippen LogP contribution < -0.4 is 14.4 Å². The molecular formula is C26H20F3NO4. The number of anilines is 1. The molecule has 3 aromatic rings. The highest BCUT2D eigenvalue weighted by Gasteiger charge is 2.37. The standard InChI is InChI=1S/C26H20F3NO4/c1-3-34-23-14-16(11-12-22(23)33-2)13-21-19-9-4-5-10-20(19)24(31)30(25(21)32)18-8-6-7-17(15-18)26(27,28)29/h4-15H,3H2,1-2H3/b21-13+. The molecule has 8 heteroatoms. The van der Waals surface area contributed by atoms with Gasteiger partial charge >= 0.3 is 6.18 Å². The normalized spacial score (nSPS) is 14.9. The van der Waals surface area contributed by atoms with E-state index in [1.54, 1.807) is 42.5 Å². The molecule has 0 N–H and O–H groups in total. The van der Waals surface area contributed by atoms with Crippen molar-refractivity contribution in [1.29, 1.82) is 0 Å². The van der Waals surface area contributed by atoms with Crippen molar-refractivity contribution in [3.63, 3.8) is 0 Å². The minimum atomic E-state index is -4.62. The molecular weight excluding hydrogens is 447 g/mol. The van der Waals surface area contributed by atoms with Gasteiger partial charge in [-0.1, -0.05) is 30.3 Å². The summed E-state index contributed by atoms with van der Waals surface area (Å²) < 4.78 is 50.7. The zero-order valence-corrected chi connectivity index (χ0v) is 18.3. The van der Waals surface area contributed by atoms with Crippen LogP contribution in [0.25, 0.3) is 11.6 Å². The maximum atomic E-state index is 13.5. The van der Waals surface area contributed by atoms with Crippen molar-refractivity contribution in [2.75, 3.05) is 18.6 Å². The quantitative estimate of drug-likeness (QED) is 0.350. The Bertz CT molecular complexity index is 1300. The molecule has 0 spiro atoms. The number of carbonyl (C=O) groups excluding carboxylic acids is 2. The lowest BCUT2D eigenvalue weighted by Gasteiger charge is -2.29. The van der Waals surface area contributed by atoms with Crippen LogP contribution in [0, 0.1) is 0 Å². The number of rotatable bonds is 5. The molecule has 5 nitrogen and oxygen atoms in total. The average molecular weight is 467 g/mol. The van der Waals surface area contributed by atoms with E-state index in [0.717, 1.165) is 17.0 Å². The zero-order chi connectivity index (χ0) is 24.5. The molecule has 34 heavy (non-hydrogen) atoms. The van der Waals surface area contributed by atoms with Crippen LogP contribution in [0.1, 0.15) is 34.0 Å². The molecule has 0 saturated heterocycles. The first-order valence-corrected chi connectivity index (χ1v) is 10.4. The predicted octanol–water partition coefficient (Wildman–Crippen LogP) is 5.84. The summed E-state index contributed by atoms with van der Waals surface area (Å²) in [5.74, 6) is -0.430. The van der Waals surface area contributed by atoms with Crippen molar-refractivity contribution in [2.24, 2.45) is 0 Å². The number of ether oxygens (including phenoxy) is 2. The maximum Gasteiger partial charge on any atom is 0.416 e. The first kappa shape index (κ1) is 23.1. The molecule has 1 heterocycles. The van der Waals surface area contributed by atoms with Crippen LogP contribution in [0.3, 0.4) is 0 Å². The molecule has 0 saturated carbocycles. The Morgan fingerprint density at radius 2 is 1.62 bits per heavy atom. The fourth-order valence-electron chi connectivity index (χ4n) is 3.77. The number of benzene rings is 3. The van der Waals surface area contributed by atoms with Crippen LogP contribution in [0.5, 0.6) is 11.5 Å². The fraction of sp³-hybridized carbons (Fsp3) is 0.154. The molecule has 2 amide bonds. The van der Waals surface area contributed by atoms with Crippen LogP contribution >= 0.6 is 0 Å². The van der Waals surface area contributed by atoms with E-state index in [4.69, 9.17) is 9.47 Å². The van der Waals surface area contributed by atoms with Gasteiger partial charge in [0.2, 0.25) is 0 Å². The molecule has 0 aromatic heterocycles. The number of fused-ring (bicyclic) bond motifs is 1. The Morgan fingerprint density at radius 1 is 0.882 bits per heavy atom. The first-order chi connectivity index (χ1) is 16.2. The molecule has 174 valence electrons. The number of nitrogens with zero attached hydrogens (tertiary/aromatic N) is 1. The van der Waals surface area contributed by atoms with Crippen molar-refractivity contribution < 1.29 is 32.2 Å². The van der Waals surface area contributed by atoms with E-state index in [1.807, 2.05) is 6.92 Å². The molecule has 1 aliphatic heterocycles. The summed E-state index contributed by atoms with van der Waals surface area (Å²) in [5.41, 5.74) is 0.265. The van der Waals surface area contributed by atoms with Crippen LogP contribution in [0.2, 0.25) is 0 Å². The van der Waals surface area contributed by atoms with Crippen molar-refractivity contribution in [3.05, 3.63) is 89.0 Å². The van der Waals surface area contributed by atoms with Crippen molar-refractivity contribution >= 4 is 29.2 Å². The van der Waals surface area contributed by atoms with Gasteiger partial charge < -0.3 is 9.47 Å². The minimum absolute atomic E-state index is 0.157. The Balaban J connectivity index is 1.86. The molecule has 4 rings (SSSR count). The second-order valence-corrected chi connectivity index (χ2v) is 7.44. The third kappa shape index (κ3) is 4.26. The molecule has 0 aliphatic carbocycles. The second-order valence-electron chi connectivity index (χ2n) is 7.44. The fourth-order valence-corrected chi connectivity index (χ4v) is 3.77. The summed E-state index contributed by atoms with van der Waals surface area (Å²) in [6.07, 6.45) is -3.04. The van der Waals surface area contributed by atoms with Gasteiger partial charge in [0.15, 0.2) is 11.5 Å². The van der Waals surface area contributed by atoms with Crippen molar-refractivity contribution in [2.45, 2.75) is 13.1 Å². The largest absolute Gasteiger partial charge is 0.493 e. The number of hydrogen-bond donors (Lipinski definition) is 0. The van der Waals surface area contributed by atoms with Crippen molar-refractivity contribution in [1.82, 2.24) is 0 Å². The number of hydrogen-bond acceptors (Lipinski definition) is 4. The van der Waals surface area contributed by atoms with E-state index in [2.05, 4.69) is 0 Å². The molecule has 3 aromatic carbocycles. The maximum absolute atomic E-state index is 13.5. The SMILES string of the molecule is CCOc1cc(/C=C2/C(=O)N(c3cccc(C(F)(F)F)c3)C(=O)c3ccccc32)ccc1OC. The third-order valence-corrected chi connectivity index (χ3v) is 5.31.